The standard InChI is InChI=1S/C34H42N2O6/c1-20-7-6-8-23(15-20)12-14-41-36-25-11-13-32(4)24(16-25)9-10-26-27-17-30-34(35-21(2)42-30,29(39)19-40-22(3)37)33(27,5)18-28(38)31(26)32/h6-8,11,13,15-16,26-28,30-31,38H,9-10,12,14,17-19H2,1-5H3/b36-25-/t26-,27-,28-,30+,31+,32-,33-,34+/m0/s1. The van der Waals surface area contributed by atoms with Gasteiger partial charge in [0.25, 0.3) is 0 Å². The maximum absolute atomic E-state index is 13.8. The number of esters is 1. The molecular formula is C34H42N2O6. The first-order valence-electron chi connectivity index (χ1n) is 15.2. The third-order valence-electron chi connectivity index (χ3n) is 10.9. The number of ether oxygens (including phenoxy) is 2. The van der Waals surface area contributed by atoms with Crippen molar-refractivity contribution in [2.45, 2.75) is 84.5 Å². The second-order valence-corrected chi connectivity index (χ2v) is 13.3. The molecule has 3 saturated carbocycles. The average molecular weight is 575 g/mol. The van der Waals surface area contributed by atoms with Gasteiger partial charge in [-0.15, -0.1) is 0 Å². The van der Waals surface area contributed by atoms with Crippen molar-refractivity contribution in [1.29, 1.82) is 0 Å². The molecule has 1 aromatic carbocycles. The fourth-order valence-corrected chi connectivity index (χ4v) is 9.18. The highest BCUT2D eigenvalue weighted by Gasteiger charge is 2.74. The van der Waals surface area contributed by atoms with Crippen molar-refractivity contribution in [2.75, 3.05) is 13.2 Å². The third kappa shape index (κ3) is 4.45. The van der Waals surface area contributed by atoms with Crippen LogP contribution in [0.4, 0.5) is 0 Å². The van der Waals surface area contributed by atoms with Crippen LogP contribution in [0.25, 0.3) is 0 Å². The van der Waals surface area contributed by atoms with Crippen molar-refractivity contribution in [3.05, 3.63) is 59.2 Å². The normalized spacial score (nSPS) is 38.8. The number of carbonyl (C=O) groups is 2. The maximum Gasteiger partial charge on any atom is 0.303 e. The number of ketones is 1. The summed E-state index contributed by atoms with van der Waals surface area (Å²) >= 11 is 0. The van der Waals surface area contributed by atoms with Crippen LogP contribution in [-0.2, 0) is 30.3 Å². The summed E-state index contributed by atoms with van der Waals surface area (Å²) < 4.78 is 11.3. The molecule has 0 bridgehead atoms. The first-order chi connectivity index (χ1) is 20.0. The summed E-state index contributed by atoms with van der Waals surface area (Å²) in [5, 5.41) is 16.3. The summed E-state index contributed by atoms with van der Waals surface area (Å²) in [5.41, 5.74) is 2.44. The highest BCUT2D eigenvalue weighted by molar-refractivity contribution is 6.05. The van der Waals surface area contributed by atoms with Crippen LogP contribution in [-0.4, -0.2) is 59.4 Å². The zero-order chi connectivity index (χ0) is 29.9. The Balaban J connectivity index is 1.21. The number of hydrogen-bond donors (Lipinski definition) is 1. The van der Waals surface area contributed by atoms with Crippen LogP contribution >= 0.6 is 0 Å². The summed E-state index contributed by atoms with van der Waals surface area (Å²) in [6.07, 6.45) is 9.01. The Morgan fingerprint density at radius 2 is 2.05 bits per heavy atom. The number of fused-ring (bicyclic) bond motifs is 7. The number of aliphatic hydroxyl groups is 1. The molecule has 3 fully saturated rings. The van der Waals surface area contributed by atoms with Crippen LogP contribution in [0.15, 0.2) is 58.2 Å². The third-order valence-corrected chi connectivity index (χ3v) is 10.9. The van der Waals surface area contributed by atoms with Crippen LogP contribution in [0.3, 0.4) is 0 Å². The van der Waals surface area contributed by atoms with Gasteiger partial charge in [0.05, 0.1) is 6.10 Å². The second kappa shape index (κ2) is 10.5. The van der Waals surface area contributed by atoms with E-state index in [-0.39, 0.29) is 35.6 Å². The Labute approximate surface area is 247 Å². The minimum Gasteiger partial charge on any atom is -0.475 e. The largest absolute Gasteiger partial charge is 0.475 e. The van der Waals surface area contributed by atoms with Gasteiger partial charge < -0.3 is 19.4 Å². The SMILES string of the molecule is CC(=O)OCC(=O)[C@@]12N=C(C)O[C@@H]1C[C@H]1[C@@H]3CCC4=C/C(=N\OCCc5cccc(C)c5)C=C[C@]4(C)[C@H]3[C@@H](O)C[C@@]12C. The molecule has 8 nitrogen and oxygen atoms in total. The molecule has 42 heavy (non-hydrogen) atoms. The van der Waals surface area contributed by atoms with Gasteiger partial charge in [-0.25, -0.2) is 4.99 Å². The molecule has 6 rings (SSSR count). The first-order valence-corrected chi connectivity index (χ1v) is 15.2. The Kier molecular flexibility index (Phi) is 7.19. The summed E-state index contributed by atoms with van der Waals surface area (Å²) in [4.78, 5) is 35.9. The molecule has 8 heteroatoms. The van der Waals surface area contributed by atoms with E-state index in [1.165, 1.54) is 23.6 Å². The van der Waals surface area contributed by atoms with Crippen molar-refractivity contribution in [1.82, 2.24) is 0 Å². The van der Waals surface area contributed by atoms with Crippen molar-refractivity contribution < 1.29 is 29.0 Å². The highest BCUT2D eigenvalue weighted by atomic mass is 16.6. The Bertz CT molecular complexity index is 1410. The predicted molar refractivity (Wildman–Crippen MR) is 159 cm³/mol. The topological polar surface area (TPSA) is 107 Å². The molecule has 0 unspecified atom stereocenters. The van der Waals surface area contributed by atoms with Crippen molar-refractivity contribution in [2.24, 2.45) is 38.7 Å². The fourth-order valence-electron chi connectivity index (χ4n) is 9.18. The lowest BCUT2D eigenvalue weighted by molar-refractivity contribution is -0.154. The molecule has 1 heterocycles. The number of oxime groups is 1. The summed E-state index contributed by atoms with van der Waals surface area (Å²) in [5.74, 6) is 0.0799. The van der Waals surface area contributed by atoms with Crippen molar-refractivity contribution in [3.8, 4) is 0 Å². The molecule has 5 aliphatic rings. The molecule has 0 amide bonds. The Hall–Kier alpha value is -3.26. The van der Waals surface area contributed by atoms with Crippen molar-refractivity contribution >= 4 is 23.4 Å². The van der Waals surface area contributed by atoms with E-state index < -0.39 is 29.1 Å². The second-order valence-electron chi connectivity index (χ2n) is 13.3. The molecule has 0 spiro atoms. The predicted octanol–water partition coefficient (Wildman–Crippen LogP) is 4.92. The first kappa shape index (κ1) is 28.8. The van der Waals surface area contributed by atoms with Crippen LogP contribution in [0.2, 0.25) is 0 Å². The zero-order valence-electron chi connectivity index (χ0n) is 25.3. The number of allylic oxidation sites excluding steroid dienone is 4. The number of aliphatic hydroxyl groups excluding tert-OH is 1. The number of rotatable bonds is 7. The lowest BCUT2D eigenvalue weighted by Gasteiger charge is -2.59. The minimum absolute atomic E-state index is 0.000128. The summed E-state index contributed by atoms with van der Waals surface area (Å²) in [6, 6.07) is 8.41. The van der Waals surface area contributed by atoms with Gasteiger partial charge in [-0.3, -0.25) is 9.59 Å². The van der Waals surface area contributed by atoms with E-state index in [0.29, 0.717) is 25.3 Å². The smallest absolute Gasteiger partial charge is 0.303 e. The number of carbonyl (C=O) groups excluding carboxylic acids is 2. The van der Waals surface area contributed by atoms with Gasteiger partial charge in [0, 0.05) is 37.0 Å². The number of aryl methyl sites for hydroxylation is 1. The molecule has 8 atom stereocenters. The van der Waals surface area contributed by atoms with E-state index in [1.807, 2.05) is 6.08 Å². The van der Waals surface area contributed by atoms with Crippen LogP contribution < -0.4 is 0 Å². The highest BCUT2D eigenvalue weighted by Crippen LogP contribution is 2.69. The number of aliphatic imine (C=N–C) groups is 1. The molecule has 0 saturated heterocycles. The fraction of sp³-hybridized carbons (Fsp3) is 0.588. The minimum atomic E-state index is -1.15. The lowest BCUT2D eigenvalue weighted by atomic mass is 9.46. The van der Waals surface area contributed by atoms with E-state index in [9.17, 15) is 14.7 Å². The van der Waals surface area contributed by atoms with Crippen LogP contribution in [0.5, 0.6) is 0 Å². The lowest BCUT2D eigenvalue weighted by Crippen LogP contribution is -2.62. The van der Waals surface area contributed by atoms with E-state index in [4.69, 9.17) is 19.3 Å². The molecule has 1 aromatic rings. The number of Topliss-reactive ketones (excluding diaryl/α,β-unsaturated/α-hetero) is 1. The van der Waals surface area contributed by atoms with E-state index in [0.717, 1.165) is 25.0 Å². The van der Waals surface area contributed by atoms with Crippen LogP contribution in [0, 0.1) is 35.5 Å². The molecule has 0 radical (unpaired) electrons. The monoisotopic (exact) mass is 574 g/mol. The van der Waals surface area contributed by atoms with Gasteiger partial charge in [-0.1, -0.05) is 60.5 Å². The Morgan fingerprint density at radius 1 is 1.24 bits per heavy atom. The Morgan fingerprint density at radius 3 is 2.81 bits per heavy atom. The number of hydrogen-bond acceptors (Lipinski definition) is 8. The van der Waals surface area contributed by atoms with Gasteiger partial charge in [-0.05, 0) is 62.2 Å². The molecule has 224 valence electrons. The average Bonchev–Trinajstić information content (AvgIpc) is 3.39. The summed E-state index contributed by atoms with van der Waals surface area (Å²) in [6.45, 7) is 9.66. The number of benzene rings is 1. The van der Waals surface area contributed by atoms with Crippen LogP contribution in [0.1, 0.15) is 64.5 Å². The molecule has 4 aliphatic carbocycles. The van der Waals surface area contributed by atoms with E-state index in [1.54, 1.807) is 6.92 Å². The van der Waals surface area contributed by atoms with Gasteiger partial charge in [0.2, 0.25) is 5.78 Å². The molecule has 1 N–H and O–H groups in total. The van der Waals surface area contributed by atoms with E-state index in [2.05, 4.69) is 62.3 Å². The number of nitrogens with zero attached hydrogens (tertiary/aromatic N) is 2. The van der Waals surface area contributed by atoms with Gasteiger partial charge in [0.1, 0.15) is 18.4 Å². The van der Waals surface area contributed by atoms with Gasteiger partial charge in [0.15, 0.2) is 18.0 Å². The molecule has 0 aromatic heterocycles. The molecule has 1 aliphatic heterocycles. The van der Waals surface area contributed by atoms with Gasteiger partial charge in [-0.2, -0.15) is 0 Å². The quantitative estimate of drug-likeness (QED) is 0.282. The van der Waals surface area contributed by atoms with E-state index >= 15 is 0 Å². The maximum atomic E-state index is 13.8. The molecular weight excluding hydrogens is 532 g/mol. The van der Waals surface area contributed by atoms with Crippen molar-refractivity contribution in [3.63, 3.8) is 0 Å². The zero-order valence-corrected chi connectivity index (χ0v) is 25.3. The summed E-state index contributed by atoms with van der Waals surface area (Å²) in [7, 11) is 0. The van der Waals surface area contributed by atoms with Gasteiger partial charge >= 0.3 is 5.97 Å².